The van der Waals surface area contributed by atoms with Gasteiger partial charge >= 0.3 is 5.97 Å². The van der Waals surface area contributed by atoms with Gasteiger partial charge in [-0.1, -0.05) is 11.8 Å². The number of fused-ring (bicyclic) bond motifs is 1. The smallest absolute Gasteiger partial charge is 0.313 e. The Morgan fingerprint density at radius 3 is 3.00 bits per heavy atom. The topological polar surface area (TPSA) is 64.3 Å². The number of hydrogen-bond donors (Lipinski definition) is 1. The van der Waals surface area contributed by atoms with Crippen molar-refractivity contribution in [2.45, 2.75) is 11.7 Å². The quantitative estimate of drug-likeness (QED) is 0.800. The maximum atomic E-state index is 13.7. The van der Waals surface area contributed by atoms with E-state index in [9.17, 15) is 9.18 Å². The third kappa shape index (κ3) is 3.31. The van der Waals surface area contributed by atoms with Crippen LogP contribution in [0.25, 0.3) is 11.0 Å². The van der Waals surface area contributed by atoms with Gasteiger partial charge in [-0.3, -0.25) is 4.79 Å². The maximum absolute atomic E-state index is 13.7. The molecule has 0 amide bonds. The molecule has 1 heterocycles. The Balaban J connectivity index is 2.45. The van der Waals surface area contributed by atoms with Crippen LogP contribution in [0.3, 0.4) is 0 Å². The van der Waals surface area contributed by atoms with E-state index in [-0.39, 0.29) is 11.6 Å². The highest BCUT2D eigenvalue weighted by Crippen LogP contribution is 2.28. The van der Waals surface area contributed by atoms with Gasteiger partial charge < -0.3 is 14.4 Å². The lowest BCUT2D eigenvalue weighted by molar-refractivity contribution is -0.133. The van der Waals surface area contributed by atoms with E-state index in [1.54, 1.807) is 17.7 Å². The molecule has 0 aliphatic heterocycles. The predicted molar refractivity (Wildman–Crippen MR) is 77.6 cm³/mol. The summed E-state index contributed by atoms with van der Waals surface area (Å²) in [5.41, 5.74) is 1.23. The number of benzene rings is 1. The fraction of sp³-hybridized carbons (Fsp3) is 0.333. The van der Waals surface area contributed by atoms with Crippen molar-refractivity contribution in [3.05, 3.63) is 22.4 Å². The van der Waals surface area contributed by atoms with Crippen LogP contribution in [0.2, 0.25) is 0 Å². The van der Waals surface area contributed by atoms with E-state index in [1.165, 1.54) is 6.07 Å². The molecule has 0 saturated carbocycles. The molecule has 0 spiro atoms. The lowest BCUT2D eigenvalue weighted by Gasteiger charge is -2.07. The number of ether oxygens (including phenoxy) is 1. The number of carboxylic acids is 1. The van der Waals surface area contributed by atoms with Crippen LogP contribution in [0, 0.1) is 5.82 Å². The van der Waals surface area contributed by atoms with Gasteiger partial charge in [-0.2, -0.15) is 0 Å². The number of imidazole rings is 1. The van der Waals surface area contributed by atoms with E-state index in [0.717, 1.165) is 11.8 Å². The Hall–Kier alpha value is -1.12. The first-order valence-electron chi connectivity index (χ1n) is 5.71. The number of aromatic nitrogens is 2. The van der Waals surface area contributed by atoms with Gasteiger partial charge in [0.1, 0.15) is 5.82 Å². The Morgan fingerprint density at radius 1 is 1.60 bits per heavy atom. The van der Waals surface area contributed by atoms with Crippen LogP contribution in [0.4, 0.5) is 4.39 Å². The van der Waals surface area contributed by atoms with Gasteiger partial charge in [-0.15, -0.1) is 0 Å². The van der Waals surface area contributed by atoms with Gasteiger partial charge in [-0.05, 0) is 22.0 Å². The van der Waals surface area contributed by atoms with Crippen molar-refractivity contribution in [2.24, 2.45) is 0 Å². The molecule has 0 radical (unpaired) electrons. The average Bonchev–Trinajstić information content (AvgIpc) is 2.72. The molecular formula is C12H12BrFN2O3S. The summed E-state index contributed by atoms with van der Waals surface area (Å²) in [7, 11) is 1.57. The van der Waals surface area contributed by atoms with Gasteiger partial charge in [0.25, 0.3) is 0 Å². The van der Waals surface area contributed by atoms with Gasteiger partial charge in [0, 0.05) is 19.7 Å². The van der Waals surface area contributed by atoms with Gasteiger partial charge in [0.2, 0.25) is 0 Å². The van der Waals surface area contributed by atoms with E-state index in [2.05, 4.69) is 20.9 Å². The number of carboxylic acid groups (broad SMARTS) is 1. The first-order chi connectivity index (χ1) is 9.52. The summed E-state index contributed by atoms with van der Waals surface area (Å²) in [6, 6.07) is 2.96. The third-order valence-corrected chi connectivity index (χ3v) is 4.17. The monoisotopic (exact) mass is 362 g/mol. The second-order valence-corrected chi connectivity index (χ2v) is 5.77. The Kier molecular flexibility index (Phi) is 5.00. The number of halogens is 2. The molecule has 108 valence electrons. The molecule has 0 atom stereocenters. The minimum Gasteiger partial charge on any atom is -0.481 e. The molecule has 20 heavy (non-hydrogen) atoms. The number of aliphatic carboxylic acids is 1. The van der Waals surface area contributed by atoms with Crippen LogP contribution in [0.5, 0.6) is 0 Å². The van der Waals surface area contributed by atoms with Crippen molar-refractivity contribution in [1.29, 1.82) is 0 Å². The SMILES string of the molecule is COCCn1c(SCC(=O)O)nc2cc(Br)c(F)cc21. The number of carbonyl (C=O) groups is 1. The Labute approximate surface area is 127 Å². The first kappa shape index (κ1) is 15.3. The van der Waals surface area contributed by atoms with Crippen molar-refractivity contribution in [1.82, 2.24) is 9.55 Å². The van der Waals surface area contributed by atoms with Crippen molar-refractivity contribution in [3.8, 4) is 0 Å². The van der Waals surface area contributed by atoms with E-state index < -0.39 is 5.97 Å². The molecule has 0 saturated heterocycles. The summed E-state index contributed by atoms with van der Waals surface area (Å²) >= 11 is 4.22. The number of thioether (sulfide) groups is 1. The first-order valence-corrected chi connectivity index (χ1v) is 7.49. The summed E-state index contributed by atoms with van der Waals surface area (Å²) in [4.78, 5) is 15.0. The van der Waals surface area contributed by atoms with Crippen LogP contribution < -0.4 is 0 Å². The largest absolute Gasteiger partial charge is 0.481 e. The average molecular weight is 363 g/mol. The van der Waals surface area contributed by atoms with E-state index in [1.807, 2.05) is 0 Å². The number of rotatable bonds is 6. The molecule has 0 aliphatic rings. The predicted octanol–water partition coefficient (Wildman–Crippen LogP) is 2.76. The molecule has 1 aromatic heterocycles. The normalized spacial score (nSPS) is 11.2. The van der Waals surface area contributed by atoms with Crippen LogP contribution in [-0.4, -0.2) is 40.1 Å². The lowest BCUT2D eigenvalue weighted by atomic mass is 10.3. The second kappa shape index (κ2) is 6.55. The highest BCUT2D eigenvalue weighted by molar-refractivity contribution is 9.10. The minimum atomic E-state index is -0.923. The highest BCUT2D eigenvalue weighted by atomic mass is 79.9. The summed E-state index contributed by atoms with van der Waals surface area (Å²) in [6.45, 7) is 0.916. The fourth-order valence-electron chi connectivity index (χ4n) is 1.73. The molecule has 5 nitrogen and oxygen atoms in total. The summed E-state index contributed by atoms with van der Waals surface area (Å²) in [5.74, 6) is -1.40. The summed E-state index contributed by atoms with van der Waals surface area (Å²) in [6.07, 6.45) is 0. The number of methoxy groups -OCH3 is 1. The fourth-order valence-corrected chi connectivity index (χ4v) is 2.83. The zero-order chi connectivity index (χ0) is 14.7. The molecule has 1 aromatic carbocycles. The molecule has 0 unspecified atom stereocenters. The lowest BCUT2D eigenvalue weighted by Crippen LogP contribution is -2.07. The maximum Gasteiger partial charge on any atom is 0.313 e. The van der Waals surface area contributed by atoms with Gasteiger partial charge in [0.15, 0.2) is 5.16 Å². The van der Waals surface area contributed by atoms with Gasteiger partial charge in [0.05, 0.1) is 27.9 Å². The van der Waals surface area contributed by atoms with E-state index in [4.69, 9.17) is 9.84 Å². The number of nitrogens with zero attached hydrogens (tertiary/aromatic N) is 2. The van der Waals surface area contributed by atoms with Crippen LogP contribution in [-0.2, 0) is 16.1 Å². The molecule has 2 rings (SSSR count). The van der Waals surface area contributed by atoms with E-state index >= 15 is 0 Å². The molecule has 0 bridgehead atoms. The highest BCUT2D eigenvalue weighted by Gasteiger charge is 2.14. The van der Waals surface area contributed by atoms with Crippen LogP contribution in [0.15, 0.2) is 21.8 Å². The summed E-state index contributed by atoms with van der Waals surface area (Å²) < 4.78 is 20.8. The van der Waals surface area contributed by atoms with Crippen LogP contribution >= 0.6 is 27.7 Å². The second-order valence-electron chi connectivity index (χ2n) is 3.98. The summed E-state index contributed by atoms with van der Waals surface area (Å²) in [5, 5.41) is 9.29. The van der Waals surface area contributed by atoms with Crippen molar-refractivity contribution in [3.63, 3.8) is 0 Å². The number of hydrogen-bond acceptors (Lipinski definition) is 4. The zero-order valence-corrected chi connectivity index (χ0v) is 13.0. The zero-order valence-electron chi connectivity index (χ0n) is 10.6. The van der Waals surface area contributed by atoms with Gasteiger partial charge in [-0.25, -0.2) is 9.37 Å². The third-order valence-electron chi connectivity index (χ3n) is 2.60. The standard InChI is InChI=1S/C12H12BrFN2O3S/c1-19-3-2-16-10-5-8(14)7(13)4-9(10)15-12(16)20-6-11(17)18/h4-5H,2-3,6H2,1H3,(H,17,18). The molecule has 8 heteroatoms. The van der Waals surface area contributed by atoms with Crippen molar-refractivity contribution >= 4 is 44.7 Å². The van der Waals surface area contributed by atoms with Crippen molar-refractivity contribution in [2.75, 3.05) is 19.5 Å². The minimum absolute atomic E-state index is 0.0973. The molecule has 2 aromatic rings. The Morgan fingerprint density at radius 2 is 2.35 bits per heavy atom. The van der Waals surface area contributed by atoms with Crippen LogP contribution in [0.1, 0.15) is 0 Å². The molecule has 1 N–H and O–H groups in total. The van der Waals surface area contributed by atoms with E-state index in [0.29, 0.717) is 33.8 Å². The molecule has 0 aliphatic carbocycles. The molecule has 0 fully saturated rings. The van der Waals surface area contributed by atoms with Crippen molar-refractivity contribution < 1.29 is 19.0 Å². The molecular weight excluding hydrogens is 351 g/mol. The Bertz CT molecular complexity index is 647.